The minimum absolute atomic E-state index is 0.0133. The Morgan fingerprint density at radius 2 is 2.00 bits per heavy atom. The lowest BCUT2D eigenvalue weighted by Crippen LogP contribution is -2.31. The monoisotopic (exact) mass is 404 g/mol. The van der Waals surface area contributed by atoms with E-state index in [2.05, 4.69) is 16.6 Å². The molecule has 2 rings (SSSR count). The van der Waals surface area contributed by atoms with Crippen LogP contribution in [0.5, 0.6) is 0 Å². The zero-order valence-electron chi connectivity index (χ0n) is 14.3. The smallest absolute Gasteiger partial charge is 0.293 e. The predicted molar refractivity (Wildman–Crippen MR) is 95.6 cm³/mol. The molecule has 0 fully saturated rings. The standard InChI is InChI=1S/C18H11ClF2N4O3/c1-3-6-23-18(28)15(26)12-13(21)14(25(2)16(12)19)17(27)24-10-4-5-11(20)9(7-10)8-22/h1,4-5,7H,6H2,2H3,(H,23,28)(H,24,27). The average molecular weight is 405 g/mol. The highest BCUT2D eigenvalue weighted by Crippen LogP contribution is 2.27. The van der Waals surface area contributed by atoms with Crippen LogP contribution in [0.25, 0.3) is 0 Å². The first-order valence-electron chi connectivity index (χ1n) is 7.53. The molecule has 0 spiro atoms. The molecule has 0 atom stereocenters. The third kappa shape index (κ3) is 3.85. The molecule has 0 aliphatic rings. The van der Waals surface area contributed by atoms with Crippen molar-refractivity contribution in [2.75, 3.05) is 11.9 Å². The van der Waals surface area contributed by atoms with Crippen LogP contribution in [0, 0.1) is 35.3 Å². The van der Waals surface area contributed by atoms with Gasteiger partial charge in [-0.3, -0.25) is 14.4 Å². The first-order chi connectivity index (χ1) is 13.2. The Balaban J connectivity index is 2.38. The van der Waals surface area contributed by atoms with Crippen molar-refractivity contribution in [1.82, 2.24) is 9.88 Å². The molecular weight excluding hydrogens is 394 g/mol. The molecule has 1 aromatic heterocycles. The Bertz CT molecular complexity index is 1080. The largest absolute Gasteiger partial charge is 0.338 e. The van der Waals surface area contributed by atoms with E-state index < -0.39 is 45.6 Å². The summed E-state index contributed by atoms with van der Waals surface area (Å²) in [5.74, 6) is -3.54. The molecule has 10 heteroatoms. The molecule has 7 nitrogen and oxygen atoms in total. The van der Waals surface area contributed by atoms with Gasteiger partial charge in [0.05, 0.1) is 12.1 Å². The molecule has 0 aliphatic carbocycles. The van der Waals surface area contributed by atoms with Gasteiger partial charge in [0.1, 0.15) is 28.3 Å². The Kier molecular flexibility index (Phi) is 6.14. The zero-order valence-corrected chi connectivity index (χ0v) is 15.0. The summed E-state index contributed by atoms with van der Waals surface area (Å²) in [5, 5.41) is 12.7. The van der Waals surface area contributed by atoms with Crippen LogP contribution in [0.15, 0.2) is 18.2 Å². The number of amides is 2. The third-order valence-electron chi connectivity index (χ3n) is 3.61. The number of rotatable bonds is 5. The molecule has 28 heavy (non-hydrogen) atoms. The maximum absolute atomic E-state index is 14.7. The van der Waals surface area contributed by atoms with E-state index in [9.17, 15) is 23.2 Å². The fraction of sp³-hybridized carbons (Fsp3) is 0.111. The number of terminal acetylenes is 1. The van der Waals surface area contributed by atoms with Crippen LogP contribution in [0.3, 0.4) is 0 Å². The second-order valence-corrected chi connectivity index (χ2v) is 5.72. The lowest BCUT2D eigenvalue weighted by atomic mass is 10.1. The number of aromatic nitrogens is 1. The molecule has 2 aromatic rings. The Morgan fingerprint density at radius 1 is 1.32 bits per heavy atom. The summed E-state index contributed by atoms with van der Waals surface area (Å²) in [7, 11) is 1.21. The second-order valence-electron chi connectivity index (χ2n) is 5.36. The van der Waals surface area contributed by atoms with Crippen molar-refractivity contribution in [2.45, 2.75) is 0 Å². The van der Waals surface area contributed by atoms with Crippen molar-refractivity contribution < 1.29 is 23.2 Å². The van der Waals surface area contributed by atoms with Crippen molar-refractivity contribution in [3.63, 3.8) is 0 Å². The molecule has 0 saturated carbocycles. The summed E-state index contributed by atoms with van der Waals surface area (Å²) in [6, 6.07) is 4.76. The number of nitriles is 1. The Labute approximate surface area is 162 Å². The quantitative estimate of drug-likeness (QED) is 0.452. The zero-order chi connectivity index (χ0) is 21.0. The summed E-state index contributed by atoms with van der Waals surface area (Å²) < 4.78 is 29.0. The second kappa shape index (κ2) is 8.33. The summed E-state index contributed by atoms with van der Waals surface area (Å²) >= 11 is 5.92. The summed E-state index contributed by atoms with van der Waals surface area (Å²) in [6.45, 7) is -0.254. The number of benzene rings is 1. The number of nitrogens with one attached hydrogen (secondary N) is 2. The lowest BCUT2D eigenvalue weighted by Gasteiger charge is -2.07. The van der Waals surface area contributed by atoms with E-state index in [1.165, 1.54) is 7.05 Å². The van der Waals surface area contributed by atoms with Gasteiger partial charge in [0, 0.05) is 12.7 Å². The van der Waals surface area contributed by atoms with E-state index in [0.717, 1.165) is 22.8 Å². The molecule has 0 radical (unpaired) electrons. The number of anilines is 1. The summed E-state index contributed by atoms with van der Waals surface area (Å²) in [4.78, 5) is 36.3. The van der Waals surface area contributed by atoms with Crippen molar-refractivity contribution >= 4 is 34.9 Å². The number of hydrogen-bond donors (Lipinski definition) is 2. The number of carbonyl (C=O) groups excluding carboxylic acids is 3. The third-order valence-corrected chi connectivity index (χ3v) is 4.05. The van der Waals surface area contributed by atoms with Crippen LogP contribution in [-0.2, 0) is 11.8 Å². The molecule has 1 aromatic carbocycles. The number of ketones is 1. The van der Waals surface area contributed by atoms with E-state index in [0.29, 0.717) is 0 Å². The van der Waals surface area contributed by atoms with E-state index >= 15 is 0 Å². The molecule has 2 N–H and O–H groups in total. The Morgan fingerprint density at radius 3 is 2.61 bits per heavy atom. The fourth-order valence-electron chi connectivity index (χ4n) is 2.27. The van der Waals surface area contributed by atoms with Crippen LogP contribution in [0.1, 0.15) is 26.4 Å². The van der Waals surface area contributed by atoms with Gasteiger partial charge in [0.2, 0.25) is 0 Å². The maximum Gasteiger partial charge on any atom is 0.293 e. The van der Waals surface area contributed by atoms with E-state index in [4.69, 9.17) is 23.3 Å². The van der Waals surface area contributed by atoms with Crippen molar-refractivity contribution in [2.24, 2.45) is 7.05 Å². The van der Waals surface area contributed by atoms with Gasteiger partial charge in [-0.15, -0.1) is 6.42 Å². The van der Waals surface area contributed by atoms with Gasteiger partial charge in [-0.2, -0.15) is 5.26 Å². The number of carbonyl (C=O) groups is 3. The van der Waals surface area contributed by atoms with Crippen molar-refractivity contribution in [1.29, 1.82) is 5.26 Å². The van der Waals surface area contributed by atoms with Crippen molar-refractivity contribution in [3.05, 3.63) is 51.8 Å². The normalized spacial score (nSPS) is 9.93. The molecule has 2 amide bonds. The highest BCUT2D eigenvalue weighted by atomic mass is 35.5. The molecule has 1 heterocycles. The molecule has 0 unspecified atom stereocenters. The number of hydrogen-bond acceptors (Lipinski definition) is 4. The first-order valence-corrected chi connectivity index (χ1v) is 7.91. The molecule has 0 aliphatic heterocycles. The van der Waals surface area contributed by atoms with Gasteiger partial charge in [-0.05, 0) is 18.2 Å². The van der Waals surface area contributed by atoms with Gasteiger partial charge >= 0.3 is 0 Å². The Hall–Kier alpha value is -3.69. The van der Waals surface area contributed by atoms with Gasteiger partial charge in [-0.25, -0.2) is 8.78 Å². The summed E-state index contributed by atoms with van der Waals surface area (Å²) in [5.41, 5.74) is -1.75. The van der Waals surface area contributed by atoms with E-state index in [-0.39, 0.29) is 17.8 Å². The topological polar surface area (TPSA) is 104 Å². The fourth-order valence-corrected chi connectivity index (χ4v) is 2.52. The minimum atomic E-state index is -1.31. The van der Waals surface area contributed by atoms with Crippen LogP contribution >= 0.6 is 11.6 Å². The van der Waals surface area contributed by atoms with Crippen LogP contribution in [0.4, 0.5) is 14.5 Å². The molecule has 0 saturated heterocycles. The maximum atomic E-state index is 14.7. The van der Waals surface area contributed by atoms with Crippen LogP contribution < -0.4 is 10.6 Å². The summed E-state index contributed by atoms with van der Waals surface area (Å²) in [6.07, 6.45) is 4.97. The van der Waals surface area contributed by atoms with Crippen molar-refractivity contribution in [3.8, 4) is 18.4 Å². The lowest BCUT2D eigenvalue weighted by molar-refractivity contribution is -0.116. The van der Waals surface area contributed by atoms with Gasteiger partial charge in [-0.1, -0.05) is 17.5 Å². The van der Waals surface area contributed by atoms with E-state index in [1.807, 2.05) is 0 Å². The van der Waals surface area contributed by atoms with Gasteiger partial charge in [0.25, 0.3) is 17.6 Å². The van der Waals surface area contributed by atoms with Gasteiger partial charge in [0.15, 0.2) is 5.82 Å². The van der Waals surface area contributed by atoms with Crippen LogP contribution in [-0.4, -0.2) is 28.7 Å². The number of halogens is 3. The van der Waals surface area contributed by atoms with E-state index in [1.54, 1.807) is 6.07 Å². The highest BCUT2D eigenvalue weighted by Gasteiger charge is 2.32. The number of Topliss-reactive ketones (excluding diaryl/α,β-unsaturated/α-hetero) is 1. The van der Waals surface area contributed by atoms with Crippen LogP contribution in [0.2, 0.25) is 5.15 Å². The minimum Gasteiger partial charge on any atom is -0.338 e. The first kappa shape index (κ1) is 20.6. The number of nitrogens with zero attached hydrogens (tertiary/aromatic N) is 2. The molecule has 0 bridgehead atoms. The average Bonchev–Trinajstić information content (AvgIpc) is 2.89. The highest BCUT2D eigenvalue weighted by molar-refractivity contribution is 6.47. The molecular formula is C18H11ClF2N4O3. The predicted octanol–water partition coefficient (Wildman–Crippen LogP) is 2.01. The SMILES string of the molecule is C#CCNC(=O)C(=O)c1c(F)c(C(=O)Nc2ccc(F)c(C#N)c2)n(C)c1Cl. The molecule has 142 valence electrons. The van der Waals surface area contributed by atoms with Gasteiger partial charge < -0.3 is 15.2 Å².